The minimum Gasteiger partial charge on any atom is -0.445 e. The van der Waals surface area contributed by atoms with E-state index in [9.17, 15) is 9.90 Å². The number of benzene rings is 2. The van der Waals surface area contributed by atoms with Crippen LogP contribution < -0.4 is 0 Å². The fourth-order valence-electron chi connectivity index (χ4n) is 3.68. The molecule has 1 saturated heterocycles. The molecule has 0 aromatic heterocycles. The smallest absolute Gasteiger partial charge is 0.410 e. The van der Waals surface area contributed by atoms with Crippen molar-refractivity contribution < 1.29 is 14.6 Å². The lowest BCUT2D eigenvalue weighted by molar-refractivity contribution is 0.0807. The highest BCUT2D eigenvalue weighted by Crippen LogP contribution is 2.28. The number of carbonyl (C=O) groups is 1. The molecule has 4 rings (SSSR count). The number of hydrogen-bond donors (Lipinski definition) is 1. The van der Waals surface area contributed by atoms with Gasteiger partial charge >= 0.3 is 6.09 Å². The Morgan fingerprint density at radius 2 is 1.64 bits per heavy atom. The van der Waals surface area contributed by atoms with E-state index in [4.69, 9.17) is 4.74 Å². The van der Waals surface area contributed by atoms with Crippen LogP contribution in [0.25, 0.3) is 0 Å². The summed E-state index contributed by atoms with van der Waals surface area (Å²) in [4.78, 5) is 16.2. The SMILES string of the molecule is O=C(OCc1ccccc1)N1C[C@H](O)[C@@H](N2Cc3ccccc3C2)C1. The van der Waals surface area contributed by atoms with Crippen LogP contribution in [0, 0.1) is 0 Å². The van der Waals surface area contributed by atoms with Crippen LogP contribution in [0.3, 0.4) is 0 Å². The summed E-state index contributed by atoms with van der Waals surface area (Å²) in [6.07, 6.45) is -0.902. The van der Waals surface area contributed by atoms with E-state index < -0.39 is 6.10 Å². The van der Waals surface area contributed by atoms with E-state index in [0.29, 0.717) is 13.1 Å². The fraction of sp³-hybridized carbons (Fsp3) is 0.350. The molecule has 0 radical (unpaired) electrons. The van der Waals surface area contributed by atoms with Gasteiger partial charge in [-0.15, -0.1) is 0 Å². The molecule has 2 aliphatic rings. The van der Waals surface area contributed by atoms with Crippen molar-refractivity contribution in [3.8, 4) is 0 Å². The molecule has 2 aromatic rings. The van der Waals surface area contributed by atoms with Crippen molar-refractivity contribution in [3.05, 3.63) is 71.3 Å². The summed E-state index contributed by atoms with van der Waals surface area (Å²) in [5.41, 5.74) is 3.57. The van der Waals surface area contributed by atoms with Gasteiger partial charge in [-0.25, -0.2) is 4.79 Å². The molecule has 2 aromatic carbocycles. The molecule has 5 heteroatoms. The number of ether oxygens (including phenoxy) is 1. The topological polar surface area (TPSA) is 53.0 Å². The van der Waals surface area contributed by atoms with Crippen LogP contribution in [0.4, 0.5) is 4.79 Å². The Labute approximate surface area is 147 Å². The van der Waals surface area contributed by atoms with Crippen molar-refractivity contribution >= 4 is 6.09 Å². The van der Waals surface area contributed by atoms with Gasteiger partial charge in [0, 0.05) is 19.6 Å². The monoisotopic (exact) mass is 338 g/mol. The first-order chi connectivity index (χ1) is 12.2. The summed E-state index contributed by atoms with van der Waals surface area (Å²) in [6, 6.07) is 17.9. The largest absolute Gasteiger partial charge is 0.445 e. The first-order valence-corrected chi connectivity index (χ1v) is 8.65. The normalized spacial score (nSPS) is 22.8. The van der Waals surface area contributed by atoms with Crippen molar-refractivity contribution in [1.29, 1.82) is 0 Å². The van der Waals surface area contributed by atoms with Crippen molar-refractivity contribution in [2.45, 2.75) is 31.8 Å². The first-order valence-electron chi connectivity index (χ1n) is 8.65. The summed E-state index contributed by atoms with van der Waals surface area (Å²) >= 11 is 0. The highest BCUT2D eigenvalue weighted by Gasteiger charge is 2.40. The zero-order valence-corrected chi connectivity index (χ0v) is 14.0. The Hall–Kier alpha value is -2.37. The maximum absolute atomic E-state index is 12.3. The molecule has 2 atom stereocenters. The second kappa shape index (κ2) is 6.86. The van der Waals surface area contributed by atoms with Gasteiger partial charge in [-0.1, -0.05) is 54.6 Å². The van der Waals surface area contributed by atoms with Gasteiger partial charge in [0.25, 0.3) is 0 Å². The predicted octanol–water partition coefficient (Wildman–Crippen LogP) is 2.38. The minimum absolute atomic E-state index is 0.0447. The number of hydrogen-bond acceptors (Lipinski definition) is 4. The molecule has 2 heterocycles. The number of amides is 1. The average Bonchev–Trinajstić information content (AvgIpc) is 3.23. The molecule has 0 spiro atoms. The van der Waals surface area contributed by atoms with Crippen molar-refractivity contribution in [1.82, 2.24) is 9.80 Å². The van der Waals surface area contributed by atoms with Gasteiger partial charge in [0.1, 0.15) is 6.61 Å². The molecule has 25 heavy (non-hydrogen) atoms. The van der Waals surface area contributed by atoms with Crippen molar-refractivity contribution in [2.24, 2.45) is 0 Å². The molecule has 0 unspecified atom stereocenters. The van der Waals surface area contributed by atoms with E-state index in [2.05, 4.69) is 17.0 Å². The maximum Gasteiger partial charge on any atom is 0.410 e. The summed E-state index contributed by atoms with van der Waals surface area (Å²) in [6.45, 7) is 2.73. The molecule has 1 amide bonds. The molecule has 2 aliphatic heterocycles. The van der Waals surface area contributed by atoms with Crippen LogP contribution in [0.15, 0.2) is 54.6 Å². The molecular weight excluding hydrogens is 316 g/mol. The highest BCUT2D eigenvalue weighted by molar-refractivity contribution is 5.68. The molecular formula is C20H22N2O3. The fourth-order valence-corrected chi connectivity index (χ4v) is 3.68. The van der Waals surface area contributed by atoms with Gasteiger partial charge < -0.3 is 14.7 Å². The van der Waals surface area contributed by atoms with E-state index in [0.717, 1.165) is 18.7 Å². The maximum atomic E-state index is 12.3. The molecule has 1 N–H and O–H groups in total. The van der Waals surface area contributed by atoms with Crippen LogP contribution in [-0.2, 0) is 24.4 Å². The Morgan fingerprint density at radius 1 is 1.00 bits per heavy atom. The second-order valence-corrected chi connectivity index (χ2v) is 6.75. The Bertz CT molecular complexity index is 725. The van der Waals surface area contributed by atoms with Gasteiger partial charge in [-0.2, -0.15) is 0 Å². The Kier molecular flexibility index (Phi) is 4.42. The van der Waals surface area contributed by atoms with E-state index in [1.165, 1.54) is 11.1 Å². The Morgan fingerprint density at radius 3 is 2.32 bits per heavy atom. The number of β-amino-alcohol motifs (C(OH)–C–C–N with tert-alkyl or cyclic N) is 1. The molecule has 130 valence electrons. The number of fused-ring (bicyclic) bond motifs is 1. The lowest BCUT2D eigenvalue weighted by Crippen LogP contribution is -2.40. The number of carbonyl (C=O) groups excluding carboxylic acids is 1. The second-order valence-electron chi connectivity index (χ2n) is 6.75. The summed E-state index contributed by atoms with van der Waals surface area (Å²) in [5.74, 6) is 0. The molecule has 0 bridgehead atoms. The number of aliphatic hydroxyl groups excluding tert-OH is 1. The van der Waals surface area contributed by atoms with Crippen LogP contribution in [0.1, 0.15) is 16.7 Å². The zero-order chi connectivity index (χ0) is 17.2. The number of rotatable bonds is 3. The molecule has 0 saturated carbocycles. The molecule has 5 nitrogen and oxygen atoms in total. The van der Waals surface area contributed by atoms with Gasteiger partial charge in [-0.3, -0.25) is 4.90 Å². The molecule has 0 aliphatic carbocycles. The standard InChI is InChI=1S/C20H22N2O3/c23-19-13-22(20(24)25-14-15-6-2-1-3-7-15)12-18(19)21-10-16-8-4-5-9-17(16)11-21/h1-9,18-19,23H,10-14H2/t18-,19-/m0/s1. The lowest BCUT2D eigenvalue weighted by Gasteiger charge is -2.25. The van der Waals surface area contributed by atoms with E-state index in [1.54, 1.807) is 4.90 Å². The third-order valence-corrected chi connectivity index (χ3v) is 5.06. The van der Waals surface area contributed by atoms with Gasteiger partial charge in [0.15, 0.2) is 0 Å². The average molecular weight is 338 g/mol. The van der Waals surface area contributed by atoms with E-state index >= 15 is 0 Å². The number of aliphatic hydroxyl groups is 1. The van der Waals surface area contributed by atoms with Crippen molar-refractivity contribution in [2.75, 3.05) is 13.1 Å². The van der Waals surface area contributed by atoms with Crippen LogP contribution in [0.2, 0.25) is 0 Å². The molecule has 1 fully saturated rings. The van der Waals surface area contributed by atoms with E-state index in [-0.39, 0.29) is 18.7 Å². The quantitative estimate of drug-likeness (QED) is 0.934. The van der Waals surface area contributed by atoms with Gasteiger partial charge in [0.05, 0.1) is 18.7 Å². The van der Waals surface area contributed by atoms with Crippen LogP contribution in [-0.4, -0.2) is 46.2 Å². The minimum atomic E-state index is -0.543. The van der Waals surface area contributed by atoms with Gasteiger partial charge in [-0.05, 0) is 16.7 Å². The predicted molar refractivity (Wildman–Crippen MR) is 93.7 cm³/mol. The summed E-state index contributed by atoms with van der Waals surface area (Å²) < 4.78 is 5.39. The van der Waals surface area contributed by atoms with E-state index in [1.807, 2.05) is 42.5 Å². The van der Waals surface area contributed by atoms with Crippen LogP contribution in [0.5, 0.6) is 0 Å². The van der Waals surface area contributed by atoms with Crippen molar-refractivity contribution in [3.63, 3.8) is 0 Å². The highest BCUT2D eigenvalue weighted by atomic mass is 16.6. The lowest BCUT2D eigenvalue weighted by atomic mass is 10.1. The zero-order valence-electron chi connectivity index (χ0n) is 14.0. The van der Waals surface area contributed by atoms with Gasteiger partial charge in [0.2, 0.25) is 0 Å². The number of nitrogens with zero attached hydrogens (tertiary/aromatic N) is 2. The third kappa shape index (κ3) is 3.38. The third-order valence-electron chi connectivity index (χ3n) is 5.06. The Balaban J connectivity index is 1.34. The van der Waals surface area contributed by atoms with Crippen LogP contribution >= 0.6 is 0 Å². The summed E-state index contributed by atoms with van der Waals surface area (Å²) in [5, 5.41) is 10.4. The summed E-state index contributed by atoms with van der Waals surface area (Å²) in [7, 11) is 0. The number of likely N-dealkylation sites (tertiary alicyclic amines) is 1. The first kappa shape index (κ1) is 16.1.